The van der Waals surface area contributed by atoms with Crippen LogP contribution >= 0.6 is 0 Å². The number of Topliss-reactive ketones (excluding diaryl/α,β-unsaturated/α-hetero) is 1. The van der Waals surface area contributed by atoms with Crippen LogP contribution in [-0.4, -0.2) is 19.0 Å². The first-order chi connectivity index (χ1) is 8.26. The predicted molar refractivity (Wildman–Crippen MR) is 56.5 cm³/mol. The highest BCUT2D eigenvalue weighted by Crippen LogP contribution is 2.31. The lowest BCUT2D eigenvalue weighted by atomic mass is 10.00. The van der Waals surface area contributed by atoms with Gasteiger partial charge in [0.25, 0.3) is 0 Å². The fourth-order valence-corrected chi connectivity index (χ4v) is 1.51. The minimum absolute atomic E-state index is 0.280. The monoisotopic (exact) mass is 228 g/mol. The predicted octanol–water partition coefficient (Wildman–Crippen LogP) is 1.30. The lowest BCUT2D eigenvalue weighted by Gasteiger charge is -2.18. The number of nitriles is 2. The van der Waals surface area contributed by atoms with Crippen molar-refractivity contribution in [3.8, 4) is 23.6 Å². The molecular formula is C12H8N2O3. The number of ether oxygens (including phenoxy) is 2. The number of ketones is 1. The summed E-state index contributed by atoms with van der Waals surface area (Å²) in [7, 11) is 0. The number of hydrogen-bond donors (Lipinski definition) is 0. The van der Waals surface area contributed by atoms with Gasteiger partial charge < -0.3 is 9.47 Å². The molecule has 0 atom stereocenters. The Hall–Kier alpha value is -2.53. The largest absolute Gasteiger partial charge is 0.486 e. The van der Waals surface area contributed by atoms with E-state index in [-0.39, 0.29) is 5.56 Å². The van der Waals surface area contributed by atoms with Crippen LogP contribution in [0.3, 0.4) is 0 Å². The zero-order valence-electron chi connectivity index (χ0n) is 8.84. The molecule has 1 aromatic carbocycles. The molecule has 0 saturated heterocycles. The van der Waals surface area contributed by atoms with Gasteiger partial charge in [0, 0.05) is 5.56 Å². The molecule has 1 aromatic rings. The molecule has 5 nitrogen and oxygen atoms in total. The molecule has 5 heteroatoms. The summed E-state index contributed by atoms with van der Waals surface area (Å²) in [5.41, 5.74) is 0.280. The molecule has 0 radical (unpaired) electrons. The first-order valence-electron chi connectivity index (χ1n) is 4.99. The summed E-state index contributed by atoms with van der Waals surface area (Å²) in [6.45, 7) is 0.893. The molecule has 0 saturated carbocycles. The normalized spacial score (nSPS) is 12.6. The molecule has 1 aliphatic heterocycles. The number of rotatable bonds is 2. The van der Waals surface area contributed by atoms with Gasteiger partial charge in [0.1, 0.15) is 13.2 Å². The molecule has 0 amide bonds. The summed E-state index contributed by atoms with van der Waals surface area (Å²) in [6.07, 6.45) is 0. The first-order valence-corrected chi connectivity index (χ1v) is 4.99. The van der Waals surface area contributed by atoms with Gasteiger partial charge in [-0.05, 0) is 18.2 Å². The summed E-state index contributed by atoms with van der Waals surface area (Å²) in [6, 6.07) is 7.92. The Morgan fingerprint density at radius 2 is 1.82 bits per heavy atom. The van der Waals surface area contributed by atoms with Crippen LogP contribution < -0.4 is 9.47 Å². The van der Waals surface area contributed by atoms with Crippen LogP contribution in [0.4, 0.5) is 0 Å². The Labute approximate surface area is 97.8 Å². The molecule has 0 aliphatic carbocycles. The SMILES string of the molecule is N#CC(C#N)C(=O)c1ccc2c(c1)OCCO2. The number of fused-ring (bicyclic) bond motifs is 1. The van der Waals surface area contributed by atoms with E-state index < -0.39 is 11.7 Å². The summed E-state index contributed by atoms with van der Waals surface area (Å²) in [4.78, 5) is 11.8. The minimum atomic E-state index is -1.28. The molecule has 17 heavy (non-hydrogen) atoms. The summed E-state index contributed by atoms with van der Waals surface area (Å²) in [5.74, 6) is -0.764. The minimum Gasteiger partial charge on any atom is -0.486 e. The van der Waals surface area contributed by atoms with E-state index in [4.69, 9.17) is 20.0 Å². The number of benzene rings is 1. The third-order valence-electron chi connectivity index (χ3n) is 2.35. The molecule has 0 unspecified atom stereocenters. The van der Waals surface area contributed by atoms with E-state index in [1.54, 1.807) is 18.2 Å². The van der Waals surface area contributed by atoms with Gasteiger partial charge in [0.2, 0.25) is 0 Å². The molecule has 1 aliphatic rings. The average molecular weight is 228 g/mol. The van der Waals surface area contributed by atoms with E-state index in [1.165, 1.54) is 12.1 Å². The average Bonchev–Trinajstić information content (AvgIpc) is 2.39. The van der Waals surface area contributed by atoms with Crippen molar-refractivity contribution in [1.82, 2.24) is 0 Å². The first kappa shape index (κ1) is 11.0. The smallest absolute Gasteiger partial charge is 0.195 e. The van der Waals surface area contributed by atoms with Crippen LogP contribution in [0.2, 0.25) is 0 Å². The van der Waals surface area contributed by atoms with Gasteiger partial charge in [0.15, 0.2) is 23.2 Å². The molecule has 0 bridgehead atoms. The maximum absolute atomic E-state index is 11.8. The molecule has 1 heterocycles. The van der Waals surface area contributed by atoms with E-state index in [1.807, 2.05) is 0 Å². The lowest BCUT2D eigenvalue weighted by Crippen LogP contribution is -2.17. The van der Waals surface area contributed by atoms with Crippen molar-refractivity contribution < 1.29 is 14.3 Å². The van der Waals surface area contributed by atoms with Crippen molar-refractivity contribution in [3.05, 3.63) is 23.8 Å². The molecule has 0 aromatic heterocycles. The van der Waals surface area contributed by atoms with Crippen LogP contribution in [0.1, 0.15) is 10.4 Å². The molecule has 84 valence electrons. The number of hydrogen-bond acceptors (Lipinski definition) is 5. The number of nitrogens with zero attached hydrogens (tertiary/aromatic N) is 2. The number of carbonyl (C=O) groups is 1. The van der Waals surface area contributed by atoms with Crippen molar-refractivity contribution in [3.63, 3.8) is 0 Å². The van der Waals surface area contributed by atoms with Crippen molar-refractivity contribution in [2.24, 2.45) is 5.92 Å². The van der Waals surface area contributed by atoms with E-state index >= 15 is 0 Å². The van der Waals surface area contributed by atoms with Gasteiger partial charge in [-0.1, -0.05) is 0 Å². The van der Waals surface area contributed by atoms with Crippen LogP contribution in [0.5, 0.6) is 11.5 Å². The third-order valence-corrected chi connectivity index (χ3v) is 2.35. The zero-order chi connectivity index (χ0) is 12.3. The van der Waals surface area contributed by atoms with Gasteiger partial charge >= 0.3 is 0 Å². The van der Waals surface area contributed by atoms with Crippen LogP contribution in [-0.2, 0) is 0 Å². The maximum Gasteiger partial charge on any atom is 0.195 e. The Bertz CT molecular complexity index is 526. The molecule has 0 N–H and O–H groups in total. The fourth-order valence-electron chi connectivity index (χ4n) is 1.51. The van der Waals surface area contributed by atoms with E-state index in [0.29, 0.717) is 24.7 Å². The van der Waals surface area contributed by atoms with Gasteiger partial charge in [-0.15, -0.1) is 0 Å². The molecule has 0 fully saturated rings. The summed E-state index contributed by atoms with van der Waals surface area (Å²) in [5, 5.41) is 17.3. The highest BCUT2D eigenvalue weighted by atomic mass is 16.6. The summed E-state index contributed by atoms with van der Waals surface area (Å²) < 4.78 is 10.6. The second-order valence-corrected chi connectivity index (χ2v) is 3.41. The topological polar surface area (TPSA) is 83.1 Å². The van der Waals surface area contributed by atoms with E-state index in [9.17, 15) is 4.79 Å². The molecule has 2 rings (SSSR count). The van der Waals surface area contributed by atoms with E-state index in [2.05, 4.69) is 0 Å². The quantitative estimate of drug-likeness (QED) is 0.712. The van der Waals surface area contributed by atoms with Gasteiger partial charge in [-0.2, -0.15) is 10.5 Å². The Morgan fingerprint density at radius 3 is 2.47 bits per heavy atom. The second kappa shape index (κ2) is 4.54. The Balaban J connectivity index is 2.32. The standard InChI is InChI=1S/C12H8N2O3/c13-6-9(7-14)12(15)8-1-2-10-11(5-8)17-4-3-16-10/h1-2,5,9H,3-4H2. The Morgan fingerprint density at radius 1 is 1.18 bits per heavy atom. The van der Waals surface area contributed by atoms with Crippen molar-refractivity contribution in [2.45, 2.75) is 0 Å². The Kier molecular flexibility index (Phi) is 2.93. The number of carbonyl (C=O) groups excluding carboxylic acids is 1. The second-order valence-electron chi connectivity index (χ2n) is 3.41. The zero-order valence-corrected chi connectivity index (χ0v) is 8.84. The van der Waals surface area contributed by atoms with E-state index in [0.717, 1.165) is 0 Å². The van der Waals surface area contributed by atoms with Crippen LogP contribution in [0, 0.1) is 28.6 Å². The molecule has 0 spiro atoms. The van der Waals surface area contributed by atoms with Crippen molar-refractivity contribution in [2.75, 3.05) is 13.2 Å². The third kappa shape index (κ3) is 2.04. The highest BCUT2D eigenvalue weighted by Gasteiger charge is 2.21. The van der Waals surface area contributed by atoms with Gasteiger partial charge in [-0.25, -0.2) is 0 Å². The van der Waals surface area contributed by atoms with Crippen LogP contribution in [0.25, 0.3) is 0 Å². The van der Waals surface area contributed by atoms with Gasteiger partial charge in [0.05, 0.1) is 12.1 Å². The maximum atomic E-state index is 11.8. The van der Waals surface area contributed by atoms with Gasteiger partial charge in [-0.3, -0.25) is 4.79 Å². The lowest BCUT2D eigenvalue weighted by molar-refractivity contribution is 0.0969. The van der Waals surface area contributed by atoms with Crippen LogP contribution in [0.15, 0.2) is 18.2 Å². The van der Waals surface area contributed by atoms with Crippen molar-refractivity contribution in [1.29, 1.82) is 10.5 Å². The molecular weight excluding hydrogens is 220 g/mol. The summed E-state index contributed by atoms with van der Waals surface area (Å²) >= 11 is 0. The highest BCUT2D eigenvalue weighted by molar-refractivity contribution is 6.01. The van der Waals surface area contributed by atoms with Crippen molar-refractivity contribution >= 4 is 5.78 Å². The fraction of sp³-hybridized carbons (Fsp3) is 0.250.